The molecule has 9 heteroatoms. The van der Waals surface area contributed by atoms with Crippen molar-refractivity contribution in [2.24, 2.45) is 0 Å². The van der Waals surface area contributed by atoms with E-state index in [1.165, 1.54) is 17.0 Å². The van der Waals surface area contributed by atoms with Crippen LogP contribution in [0.3, 0.4) is 0 Å². The number of sulfonamides is 1. The molecule has 0 unspecified atom stereocenters. The fraction of sp³-hybridized carbons (Fsp3) is 0.440. The van der Waals surface area contributed by atoms with Crippen LogP contribution in [0, 0.1) is 12.7 Å². The van der Waals surface area contributed by atoms with Gasteiger partial charge in [0.2, 0.25) is 21.8 Å². The largest absolute Gasteiger partial charge is 0.352 e. The second-order valence-corrected chi connectivity index (χ2v) is 10.4. The molecular formula is C25H34FN3O4S. The third-order valence-electron chi connectivity index (χ3n) is 5.65. The minimum absolute atomic E-state index is 0.0387. The van der Waals surface area contributed by atoms with E-state index >= 15 is 0 Å². The number of halogens is 1. The fourth-order valence-corrected chi connectivity index (χ4v) is 4.32. The average Bonchev–Trinajstić information content (AvgIpc) is 2.78. The highest BCUT2D eigenvalue weighted by molar-refractivity contribution is 7.92. The van der Waals surface area contributed by atoms with Gasteiger partial charge in [-0.15, -0.1) is 0 Å². The molecule has 0 heterocycles. The van der Waals surface area contributed by atoms with Gasteiger partial charge in [-0.25, -0.2) is 12.8 Å². The molecule has 0 saturated carbocycles. The molecule has 2 aromatic rings. The number of carbonyl (C=O) groups is 2. The fourth-order valence-electron chi connectivity index (χ4n) is 3.47. The Morgan fingerprint density at radius 1 is 1.00 bits per heavy atom. The van der Waals surface area contributed by atoms with Crippen LogP contribution < -0.4 is 9.62 Å². The Labute approximate surface area is 202 Å². The molecule has 0 spiro atoms. The van der Waals surface area contributed by atoms with Gasteiger partial charge in [0.15, 0.2) is 0 Å². The number of anilines is 1. The first-order valence-electron chi connectivity index (χ1n) is 11.3. The predicted octanol–water partition coefficient (Wildman–Crippen LogP) is 3.62. The molecule has 0 aliphatic carbocycles. The minimum Gasteiger partial charge on any atom is -0.352 e. The molecule has 0 aliphatic heterocycles. The van der Waals surface area contributed by atoms with Gasteiger partial charge in [-0.2, -0.15) is 0 Å². The summed E-state index contributed by atoms with van der Waals surface area (Å²) in [5.74, 6) is -1.25. The number of carbonyl (C=O) groups excluding carboxylic acids is 2. The Bertz CT molecular complexity index is 1070. The highest BCUT2D eigenvalue weighted by Gasteiger charge is 2.32. The number of hydrogen-bond acceptors (Lipinski definition) is 4. The van der Waals surface area contributed by atoms with Gasteiger partial charge in [0, 0.05) is 12.6 Å². The van der Waals surface area contributed by atoms with Crippen molar-refractivity contribution in [2.75, 3.05) is 17.1 Å². The molecule has 7 nitrogen and oxygen atoms in total. The standard InChI is InChI=1S/C25H34FN3O4S/c1-6-19(4)27-25(31)23(7-2)28(16-20-10-12-21(26)13-11-20)24(30)17-29(34(5,32)33)22-14-8-18(3)9-15-22/h8-15,19,23H,6-7,16-17H2,1-5H3,(H,27,31)/t19-,23-/m1/s1. The third-order valence-corrected chi connectivity index (χ3v) is 6.79. The number of aryl methyl sites for hydroxylation is 1. The van der Waals surface area contributed by atoms with Gasteiger partial charge in [0.1, 0.15) is 18.4 Å². The summed E-state index contributed by atoms with van der Waals surface area (Å²) in [4.78, 5) is 27.9. The number of amides is 2. The SMILES string of the molecule is CC[C@@H](C)NC(=O)[C@@H](CC)N(Cc1ccc(F)cc1)C(=O)CN(c1ccc(C)cc1)S(C)(=O)=O. The van der Waals surface area contributed by atoms with E-state index < -0.39 is 34.3 Å². The highest BCUT2D eigenvalue weighted by atomic mass is 32.2. The zero-order valence-electron chi connectivity index (χ0n) is 20.4. The van der Waals surface area contributed by atoms with Crippen LogP contribution in [0.15, 0.2) is 48.5 Å². The highest BCUT2D eigenvalue weighted by Crippen LogP contribution is 2.20. The van der Waals surface area contributed by atoms with Crippen LogP contribution in [0.1, 0.15) is 44.7 Å². The maximum absolute atomic E-state index is 13.5. The molecular weight excluding hydrogens is 457 g/mol. The van der Waals surface area contributed by atoms with Crippen LogP contribution >= 0.6 is 0 Å². The van der Waals surface area contributed by atoms with Crippen LogP contribution in [0.25, 0.3) is 0 Å². The maximum Gasteiger partial charge on any atom is 0.244 e. The topological polar surface area (TPSA) is 86.8 Å². The van der Waals surface area contributed by atoms with Crippen molar-refractivity contribution < 1.29 is 22.4 Å². The molecule has 1 N–H and O–H groups in total. The average molecular weight is 492 g/mol. The Morgan fingerprint density at radius 3 is 2.09 bits per heavy atom. The van der Waals surface area contributed by atoms with Crippen LogP contribution in [0.5, 0.6) is 0 Å². The van der Waals surface area contributed by atoms with E-state index in [1.807, 2.05) is 20.8 Å². The van der Waals surface area contributed by atoms with E-state index in [2.05, 4.69) is 5.32 Å². The molecule has 0 saturated heterocycles. The number of hydrogen-bond donors (Lipinski definition) is 1. The first kappa shape index (κ1) is 27.3. The number of nitrogens with one attached hydrogen (secondary N) is 1. The minimum atomic E-state index is -3.78. The lowest BCUT2D eigenvalue weighted by Crippen LogP contribution is -2.53. The number of nitrogens with zero attached hydrogens (tertiary/aromatic N) is 2. The molecule has 0 bridgehead atoms. The van der Waals surface area contributed by atoms with Crippen molar-refractivity contribution in [1.29, 1.82) is 0 Å². The smallest absolute Gasteiger partial charge is 0.244 e. The first-order chi connectivity index (χ1) is 16.0. The molecule has 0 radical (unpaired) electrons. The Kier molecular flexibility index (Phi) is 9.61. The van der Waals surface area contributed by atoms with E-state index in [0.29, 0.717) is 17.7 Å². The number of rotatable bonds is 11. The summed E-state index contributed by atoms with van der Waals surface area (Å²) in [5.41, 5.74) is 1.94. The van der Waals surface area contributed by atoms with Crippen LogP contribution in [-0.2, 0) is 26.2 Å². The van der Waals surface area contributed by atoms with Crippen molar-refractivity contribution in [3.05, 3.63) is 65.5 Å². The molecule has 0 fully saturated rings. The molecule has 34 heavy (non-hydrogen) atoms. The lowest BCUT2D eigenvalue weighted by Gasteiger charge is -2.33. The molecule has 2 aromatic carbocycles. The van der Waals surface area contributed by atoms with Crippen LogP contribution in [-0.4, -0.2) is 50.0 Å². The Balaban J connectivity index is 2.41. The van der Waals surface area contributed by atoms with Gasteiger partial charge in [-0.05, 0) is 56.5 Å². The monoisotopic (exact) mass is 491 g/mol. The van der Waals surface area contributed by atoms with Crippen molar-refractivity contribution in [2.45, 2.75) is 59.2 Å². The quantitative estimate of drug-likeness (QED) is 0.520. The Morgan fingerprint density at radius 2 is 1.59 bits per heavy atom. The third kappa shape index (κ3) is 7.55. The Hall–Kier alpha value is -2.94. The summed E-state index contributed by atoms with van der Waals surface area (Å²) in [6.07, 6.45) is 2.10. The van der Waals surface area contributed by atoms with Gasteiger partial charge in [-0.3, -0.25) is 13.9 Å². The summed E-state index contributed by atoms with van der Waals surface area (Å²) < 4.78 is 39.6. The molecule has 0 aliphatic rings. The van der Waals surface area contributed by atoms with Gasteiger partial charge < -0.3 is 10.2 Å². The summed E-state index contributed by atoms with van der Waals surface area (Å²) >= 11 is 0. The van der Waals surface area contributed by atoms with Crippen molar-refractivity contribution >= 4 is 27.5 Å². The predicted molar refractivity (Wildman–Crippen MR) is 132 cm³/mol. The normalized spacial score (nSPS) is 13.1. The van der Waals surface area contributed by atoms with E-state index in [0.717, 1.165) is 22.5 Å². The second kappa shape index (κ2) is 12.0. The van der Waals surface area contributed by atoms with Gasteiger partial charge in [-0.1, -0.05) is 43.7 Å². The van der Waals surface area contributed by atoms with Crippen molar-refractivity contribution in [3.63, 3.8) is 0 Å². The maximum atomic E-state index is 13.5. The number of benzene rings is 2. The molecule has 2 amide bonds. The van der Waals surface area contributed by atoms with E-state index in [9.17, 15) is 22.4 Å². The molecule has 186 valence electrons. The molecule has 0 aromatic heterocycles. The zero-order chi connectivity index (χ0) is 25.5. The van der Waals surface area contributed by atoms with E-state index in [-0.39, 0.29) is 18.5 Å². The van der Waals surface area contributed by atoms with Crippen LogP contribution in [0.4, 0.5) is 10.1 Å². The van der Waals surface area contributed by atoms with Crippen molar-refractivity contribution in [1.82, 2.24) is 10.2 Å². The lowest BCUT2D eigenvalue weighted by atomic mass is 10.1. The second-order valence-electron chi connectivity index (χ2n) is 8.50. The molecule has 2 rings (SSSR count). The van der Waals surface area contributed by atoms with Gasteiger partial charge in [0.25, 0.3) is 0 Å². The molecule has 2 atom stereocenters. The van der Waals surface area contributed by atoms with Gasteiger partial charge in [0.05, 0.1) is 11.9 Å². The van der Waals surface area contributed by atoms with Crippen molar-refractivity contribution in [3.8, 4) is 0 Å². The first-order valence-corrected chi connectivity index (χ1v) is 13.2. The summed E-state index contributed by atoms with van der Waals surface area (Å²) in [6, 6.07) is 11.6. The summed E-state index contributed by atoms with van der Waals surface area (Å²) in [6.45, 7) is 7.07. The van der Waals surface area contributed by atoms with Crippen LogP contribution in [0.2, 0.25) is 0 Å². The lowest BCUT2D eigenvalue weighted by molar-refractivity contribution is -0.140. The van der Waals surface area contributed by atoms with E-state index in [1.54, 1.807) is 43.3 Å². The van der Waals surface area contributed by atoms with Gasteiger partial charge >= 0.3 is 0 Å². The summed E-state index contributed by atoms with van der Waals surface area (Å²) in [7, 11) is -3.78. The summed E-state index contributed by atoms with van der Waals surface area (Å²) in [5, 5.41) is 2.91. The zero-order valence-corrected chi connectivity index (χ0v) is 21.2. The van der Waals surface area contributed by atoms with E-state index in [4.69, 9.17) is 0 Å².